The van der Waals surface area contributed by atoms with Crippen LogP contribution in [0.1, 0.15) is 25.0 Å². The molecule has 0 saturated carbocycles. The Bertz CT molecular complexity index is 618. The number of ether oxygens (including phenoxy) is 1. The number of carbonyl (C=O) groups is 2. The highest BCUT2D eigenvalue weighted by Crippen LogP contribution is 2.39. The Balaban J connectivity index is 0.000000609. The van der Waals surface area contributed by atoms with Gasteiger partial charge in [-0.1, -0.05) is 12.1 Å². The number of benzene rings is 1. The highest BCUT2D eigenvalue weighted by molar-refractivity contribution is 5.80. The van der Waals surface area contributed by atoms with E-state index in [1.807, 2.05) is 0 Å². The summed E-state index contributed by atoms with van der Waals surface area (Å²) in [6.45, 7) is 4.81. The maximum atomic E-state index is 12.6. The van der Waals surface area contributed by atoms with Crippen molar-refractivity contribution in [2.24, 2.45) is 0 Å². The van der Waals surface area contributed by atoms with Crippen LogP contribution in [-0.2, 0) is 19.9 Å². The summed E-state index contributed by atoms with van der Waals surface area (Å²) >= 11 is 0. The highest BCUT2D eigenvalue weighted by Gasteiger charge is 2.61. The summed E-state index contributed by atoms with van der Waals surface area (Å²) < 4.78 is 42.2. The Kier molecular flexibility index (Phi) is 7.87. The fourth-order valence-corrected chi connectivity index (χ4v) is 1.57. The molecule has 10 heteroatoms. The summed E-state index contributed by atoms with van der Waals surface area (Å²) in [6.07, 6.45) is -6.31. The maximum absolute atomic E-state index is 12.6. The third-order valence-corrected chi connectivity index (χ3v) is 3.04. The van der Waals surface area contributed by atoms with Gasteiger partial charge >= 0.3 is 18.1 Å². The molecule has 142 valence electrons. The van der Waals surface area contributed by atoms with E-state index in [1.165, 1.54) is 13.8 Å². The van der Waals surface area contributed by atoms with Crippen LogP contribution in [0.25, 0.3) is 0 Å². The summed E-state index contributed by atoms with van der Waals surface area (Å²) in [4.78, 5) is 20.9. The van der Waals surface area contributed by atoms with Crippen LogP contribution in [-0.4, -0.2) is 46.1 Å². The van der Waals surface area contributed by atoms with Crippen LogP contribution < -0.4 is 5.73 Å². The fraction of sp³-hybridized carbons (Fsp3) is 0.467. The number of aliphatic carboxylic acids is 1. The smallest absolute Gasteiger partial charge is 0.432 e. The summed E-state index contributed by atoms with van der Waals surface area (Å²) in [5.74, 6) is -2.94. The molecule has 0 aliphatic rings. The van der Waals surface area contributed by atoms with Gasteiger partial charge in [-0.15, -0.1) is 0 Å². The predicted octanol–water partition coefficient (Wildman–Crippen LogP) is 1.34. The first-order valence-electron chi connectivity index (χ1n) is 7.02. The molecule has 0 spiro atoms. The average molecular weight is 367 g/mol. The standard InChI is InChI=1S/C10H10F3NO3.C5H10O3/c1-5-4-6(2-3-7(5)14)9(17,8(15)16)10(11,12)13;1-3-8-5(7)4(2)6/h2-4,17H,14H2,1H3,(H,15,16);4,6H,3H2,1-2H3. The first-order valence-corrected chi connectivity index (χ1v) is 7.02. The van der Waals surface area contributed by atoms with Gasteiger partial charge in [0.1, 0.15) is 6.10 Å². The first-order chi connectivity index (χ1) is 11.3. The SMILES string of the molecule is CCOC(=O)C(C)O.Cc1cc(C(O)(C(=O)O)C(F)(F)F)ccc1N. The van der Waals surface area contributed by atoms with Gasteiger partial charge in [0.05, 0.1) is 6.61 Å². The van der Waals surface area contributed by atoms with Gasteiger partial charge in [-0.2, -0.15) is 13.2 Å². The number of carbonyl (C=O) groups excluding carboxylic acids is 1. The lowest BCUT2D eigenvalue weighted by molar-refractivity contribution is -0.265. The number of halogens is 3. The minimum absolute atomic E-state index is 0.212. The molecular formula is C15H20F3NO6. The van der Waals surface area contributed by atoms with Gasteiger partial charge in [-0.25, -0.2) is 9.59 Å². The lowest BCUT2D eigenvalue weighted by Crippen LogP contribution is -2.49. The average Bonchev–Trinajstić information content (AvgIpc) is 2.48. The number of alkyl halides is 3. The second kappa shape index (κ2) is 8.67. The van der Waals surface area contributed by atoms with E-state index < -0.39 is 35.4 Å². The van der Waals surface area contributed by atoms with Crippen LogP contribution in [0.15, 0.2) is 18.2 Å². The minimum Gasteiger partial charge on any atom is -0.479 e. The Hall–Kier alpha value is -2.33. The van der Waals surface area contributed by atoms with Crippen molar-refractivity contribution in [2.75, 3.05) is 12.3 Å². The number of hydrogen-bond donors (Lipinski definition) is 4. The largest absolute Gasteiger partial charge is 0.479 e. The van der Waals surface area contributed by atoms with Crippen molar-refractivity contribution in [3.05, 3.63) is 29.3 Å². The van der Waals surface area contributed by atoms with E-state index in [2.05, 4.69) is 4.74 Å². The Morgan fingerprint density at radius 2 is 1.84 bits per heavy atom. The van der Waals surface area contributed by atoms with E-state index >= 15 is 0 Å². The second-order valence-electron chi connectivity index (χ2n) is 5.01. The summed E-state index contributed by atoms with van der Waals surface area (Å²) in [5, 5.41) is 26.4. The summed E-state index contributed by atoms with van der Waals surface area (Å²) in [7, 11) is 0. The zero-order valence-electron chi connectivity index (χ0n) is 13.8. The van der Waals surface area contributed by atoms with Gasteiger partial charge in [0.15, 0.2) is 0 Å². The molecule has 0 bridgehead atoms. The molecular weight excluding hydrogens is 347 g/mol. The first kappa shape index (κ1) is 22.7. The minimum atomic E-state index is -5.32. The van der Waals surface area contributed by atoms with E-state index in [4.69, 9.17) is 15.9 Å². The van der Waals surface area contributed by atoms with Crippen LogP contribution in [0, 0.1) is 6.92 Å². The number of hydrogen-bond acceptors (Lipinski definition) is 6. The topological polar surface area (TPSA) is 130 Å². The number of carboxylic acids is 1. The molecule has 0 saturated heterocycles. The van der Waals surface area contributed by atoms with Crippen LogP contribution in [0.2, 0.25) is 0 Å². The lowest BCUT2D eigenvalue weighted by Gasteiger charge is -2.26. The molecule has 0 aliphatic carbocycles. The van der Waals surface area contributed by atoms with Gasteiger partial charge in [-0.05, 0) is 32.4 Å². The number of carboxylic acid groups (broad SMARTS) is 1. The lowest BCUT2D eigenvalue weighted by atomic mass is 9.91. The molecule has 0 heterocycles. The Morgan fingerprint density at radius 3 is 2.12 bits per heavy atom. The third kappa shape index (κ3) is 5.61. The van der Waals surface area contributed by atoms with Crippen molar-refractivity contribution in [3.63, 3.8) is 0 Å². The van der Waals surface area contributed by atoms with Crippen molar-refractivity contribution in [1.29, 1.82) is 0 Å². The molecule has 1 rings (SSSR count). The quantitative estimate of drug-likeness (QED) is 0.467. The molecule has 7 nitrogen and oxygen atoms in total. The van der Waals surface area contributed by atoms with Crippen molar-refractivity contribution in [3.8, 4) is 0 Å². The molecule has 1 aromatic carbocycles. The van der Waals surface area contributed by atoms with Gasteiger partial charge in [-0.3, -0.25) is 0 Å². The van der Waals surface area contributed by atoms with Gasteiger partial charge < -0.3 is 25.8 Å². The Morgan fingerprint density at radius 1 is 1.32 bits per heavy atom. The molecule has 0 aliphatic heterocycles. The molecule has 0 radical (unpaired) electrons. The molecule has 2 atom stereocenters. The monoisotopic (exact) mass is 367 g/mol. The van der Waals surface area contributed by atoms with Gasteiger partial charge in [0, 0.05) is 11.3 Å². The molecule has 1 aromatic rings. The highest BCUT2D eigenvalue weighted by atomic mass is 19.4. The van der Waals surface area contributed by atoms with E-state index in [-0.39, 0.29) is 11.3 Å². The molecule has 0 fully saturated rings. The number of rotatable bonds is 4. The molecule has 5 N–H and O–H groups in total. The Labute approximate surface area is 141 Å². The van der Waals surface area contributed by atoms with Crippen LogP contribution in [0.4, 0.5) is 18.9 Å². The number of anilines is 1. The van der Waals surface area contributed by atoms with Crippen LogP contribution >= 0.6 is 0 Å². The summed E-state index contributed by atoms with van der Waals surface area (Å²) in [5.41, 5.74) is 1.18. The number of nitrogen functional groups attached to an aromatic ring is 1. The van der Waals surface area contributed by atoms with Crippen molar-refractivity contribution in [2.45, 2.75) is 38.7 Å². The number of nitrogens with two attached hydrogens (primary N) is 1. The van der Waals surface area contributed by atoms with E-state index in [0.29, 0.717) is 6.61 Å². The summed E-state index contributed by atoms with van der Waals surface area (Å²) in [6, 6.07) is 2.85. The number of aryl methyl sites for hydroxylation is 1. The van der Waals surface area contributed by atoms with Crippen molar-refractivity contribution < 1.29 is 42.8 Å². The van der Waals surface area contributed by atoms with Gasteiger partial charge in [0.25, 0.3) is 5.60 Å². The normalized spacial score (nSPS) is 14.6. The fourth-order valence-electron chi connectivity index (χ4n) is 1.57. The van der Waals surface area contributed by atoms with E-state index in [9.17, 15) is 27.9 Å². The van der Waals surface area contributed by atoms with Crippen LogP contribution in [0.3, 0.4) is 0 Å². The third-order valence-electron chi connectivity index (χ3n) is 3.04. The maximum Gasteiger partial charge on any atom is 0.432 e. The predicted molar refractivity (Wildman–Crippen MR) is 81.5 cm³/mol. The molecule has 0 aromatic heterocycles. The zero-order valence-corrected chi connectivity index (χ0v) is 13.8. The number of aliphatic hydroxyl groups excluding tert-OH is 1. The van der Waals surface area contributed by atoms with E-state index in [1.54, 1.807) is 6.92 Å². The molecule has 25 heavy (non-hydrogen) atoms. The van der Waals surface area contributed by atoms with Crippen molar-refractivity contribution >= 4 is 17.6 Å². The number of esters is 1. The van der Waals surface area contributed by atoms with E-state index in [0.717, 1.165) is 18.2 Å². The van der Waals surface area contributed by atoms with Gasteiger partial charge in [0.2, 0.25) is 0 Å². The molecule has 0 amide bonds. The number of aliphatic hydroxyl groups is 2. The molecule has 2 unspecified atom stereocenters. The zero-order chi connectivity index (χ0) is 20.0. The van der Waals surface area contributed by atoms with Crippen molar-refractivity contribution in [1.82, 2.24) is 0 Å². The second-order valence-corrected chi connectivity index (χ2v) is 5.01. The van der Waals surface area contributed by atoms with Crippen LogP contribution in [0.5, 0.6) is 0 Å².